The van der Waals surface area contributed by atoms with E-state index in [1.807, 2.05) is 18.7 Å². The highest BCUT2D eigenvalue weighted by Gasteiger charge is 2.47. The van der Waals surface area contributed by atoms with Crippen molar-refractivity contribution in [1.82, 2.24) is 4.90 Å². The maximum atomic E-state index is 13.0. The minimum absolute atomic E-state index is 0.0157. The van der Waals surface area contributed by atoms with Gasteiger partial charge in [-0.15, -0.1) is 0 Å². The Balaban J connectivity index is 2.27. The number of hydrogen-bond donors (Lipinski definition) is 2. The molecule has 1 saturated heterocycles. The van der Waals surface area contributed by atoms with Crippen LogP contribution in [0.15, 0.2) is 5.16 Å². The van der Waals surface area contributed by atoms with Gasteiger partial charge >= 0.3 is 0 Å². The van der Waals surface area contributed by atoms with E-state index >= 15 is 0 Å². The Labute approximate surface area is 119 Å². The lowest BCUT2D eigenvalue weighted by molar-refractivity contribution is -0.151. The molecule has 0 aromatic carbocycles. The maximum absolute atomic E-state index is 13.0. The van der Waals surface area contributed by atoms with E-state index in [0.717, 1.165) is 19.3 Å². The van der Waals surface area contributed by atoms with Crippen LogP contribution in [0, 0.1) is 5.41 Å². The van der Waals surface area contributed by atoms with Crippen molar-refractivity contribution >= 4 is 11.7 Å². The number of amides is 1. The van der Waals surface area contributed by atoms with Gasteiger partial charge in [0.1, 0.15) is 5.41 Å². The van der Waals surface area contributed by atoms with E-state index in [1.165, 1.54) is 0 Å². The third kappa shape index (κ3) is 2.26. The first-order valence-electron chi connectivity index (χ1n) is 7.51. The summed E-state index contributed by atoms with van der Waals surface area (Å²) in [6, 6.07) is 0.153. The van der Waals surface area contributed by atoms with Gasteiger partial charge in [-0.2, -0.15) is 0 Å². The number of morpholine rings is 1. The number of ether oxygens (including phenoxy) is 1. The molecule has 6 heteroatoms. The molecule has 3 N–H and O–H groups in total. The summed E-state index contributed by atoms with van der Waals surface area (Å²) in [6.07, 6.45) is 4.32. The van der Waals surface area contributed by atoms with E-state index < -0.39 is 5.41 Å². The number of carbonyl (C=O) groups excluding carboxylic acids is 1. The zero-order valence-electron chi connectivity index (χ0n) is 12.3. The van der Waals surface area contributed by atoms with Gasteiger partial charge in [0.25, 0.3) is 0 Å². The Morgan fingerprint density at radius 3 is 2.75 bits per heavy atom. The molecule has 1 aliphatic heterocycles. The Bertz CT molecular complexity index is 393. The number of nitrogens with two attached hydrogens (primary N) is 1. The fourth-order valence-electron chi connectivity index (χ4n) is 3.57. The quantitative estimate of drug-likeness (QED) is 0.352. The summed E-state index contributed by atoms with van der Waals surface area (Å²) in [4.78, 5) is 14.9. The molecule has 0 aromatic rings. The summed E-state index contributed by atoms with van der Waals surface area (Å²) in [7, 11) is 0. The van der Waals surface area contributed by atoms with Crippen molar-refractivity contribution in [3.63, 3.8) is 0 Å². The lowest BCUT2D eigenvalue weighted by Gasteiger charge is -2.42. The Kier molecular flexibility index (Phi) is 4.52. The molecule has 114 valence electrons. The van der Waals surface area contributed by atoms with Crippen LogP contribution >= 0.6 is 0 Å². The summed E-state index contributed by atoms with van der Waals surface area (Å²) >= 11 is 0. The largest absolute Gasteiger partial charge is 0.409 e. The number of fused-ring (bicyclic) bond motifs is 1. The molecule has 0 radical (unpaired) electrons. The fourth-order valence-corrected chi connectivity index (χ4v) is 3.57. The van der Waals surface area contributed by atoms with Gasteiger partial charge in [-0.25, -0.2) is 0 Å². The molecular weight excluding hydrogens is 258 g/mol. The average molecular weight is 283 g/mol. The molecule has 1 saturated carbocycles. The van der Waals surface area contributed by atoms with Crippen molar-refractivity contribution in [3.8, 4) is 0 Å². The van der Waals surface area contributed by atoms with Crippen LogP contribution in [0.25, 0.3) is 0 Å². The fraction of sp³-hybridized carbons (Fsp3) is 0.857. The number of oxime groups is 1. The van der Waals surface area contributed by atoms with Gasteiger partial charge in [0.2, 0.25) is 5.91 Å². The molecule has 2 atom stereocenters. The van der Waals surface area contributed by atoms with E-state index in [0.29, 0.717) is 26.0 Å². The van der Waals surface area contributed by atoms with Crippen LogP contribution in [0.5, 0.6) is 0 Å². The van der Waals surface area contributed by atoms with Gasteiger partial charge in [0, 0.05) is 6.54 Å². The van der Waals surface area contributed by atoms with Crippen molar-refractivity contribution < 1.29 is 14.7 Å². The predicted octanol–water partition coefficient (Wildman–Crippen LogP) is 1.32. The third-order valence-electron chi connectivity index (χ3n) is 4.96. The van der Waals surface area contributed by atoms with Crippen molar-refractivity contribution in [2.75, 3.05) is 13.2 Å². The molecule has 0 spiro atoms. The smallest absolute Gasteiger partial charge is 0.236 e. The molecule has 1 aliphatic carbocycles. The van der Waals surface area contributed by atoms with Crippen LogP contribution in [0.4, 0.5) is 0 Å². The Morgan fingerprint density at radius 1 is 1.45 bits per heavy atom. The van der Waals surface area contributed by atoms with Crippen LogP contribution in [-0.4, -0.2) is 47.1 Å². The zero-order valence-corrected chi connectivity index (χ0v) is 12.3. The van der Waals surface area contributed by atoms with Crippen LogP contribution in [-0.2, 0) is 9.53 Å². The summed E-state index contributed by atoms with van der Waals surface area (Å²) in [5.41, 5.74) is 4.95. The van der Waals surface area contributed by atoms with E-state index in [1.54, 1.807) is 0 Å². The predicted molar refractivity (Wildman–Crippen MR) is 75.5 cm³/mol. The van der Waals surface area contributed by atoms with Gasteiger partial charge in [0.15, 0.2) is 5.84 Å². The number of nitrogens with zero attached hydrogens (tertiary/aromatic N) is 2. The van der Waals surface area contributed by atoms with E-state index in [2.05, 4.69) is 5.16 Å². The minimum atomic E-state index is -0.890. The second kappa shape index (κ2) is 5.99. The maximum Gasteiger partial charge on any atom is 0.236 e. The molecule has 1 heterocycles. The third-order valence-corrected chi connectivity index (χ3v) is 4.96. The number of hydrogen-bond acceptors (Lipinski definition) is 4. The molecule has 0 bridgehead atoms. The molecular formula is C14H25N3O3. The molecule has 2 fully saturated rings. The molecule has 2 rings (SSSR count). The van der Waals surface area contributed by atoms with Gasteiger partial charge in [0.05, 0.1) is 18.8 Å². The van der Waals surface area contributed by atoms with Crippen LogP contribution < -0.4 is 5.73 Å². The second-order valence-electron chi connectivity index (χ2n) is 5.68. The molecule has 1 amide bonds. The second-order valence-corrected chi connectivity index (χ2v) is 5.68. The Morgan fingerprint density at radius 2 is 2.15 bits per heavy atom. The van der Waals surface area contributed by atoms with Crippen molar-refractivity contribution in [2.45, 2.75) is 58.1 Å². The highest BCUT2D eigenvalue weighted by atomic mass is 16.5. The SMILES string of the molecule is CCC(CC)(C(=O)N1CCOC2CCCC21)C(N)=NO. The first-order valence-corrected chi connectivity index (χ1v) is 7.51. The topological polar surface area (TPSA) is 88.2 Å². The first kappa shape index (κ1) is 15.1. The molecule has 6 nitrogen and oxygen atoms in total. The lowest BCUT2D eigenvalue weighted by atomic mass is 9.79. The van der Waals surface area contributed by atoms with Crippen LogP contribution in [0.1, 0.15) is 46.0 Å². The first-order chi connectivity index (χ1) is 9.60. The number of amidine groups is 1. The van der Waals surface area contributed by atoms with E-state index in [4.69, 9.17) is 15.7 Å². The van der Waals surface area contributed by atoms with E-state index in [9.17, 15) is 4.79 Å². The van der Waals surface area contributed by atoms with Crippen molar-refractivity contribution in [2.24, 2.45) is 16.3 Å². The number of carbonyl (C=O) groups is 1. The summed E-state index contributed by atoms with van der Waals surface area (Å²) < 4.78 is 5.74. The summed E-state index contributed by atoms with van der Waals surface area (Å²) in [5, 5.41) is 12.2. The lowest BCUT2D eigenvalue weighted by Crippen LogP contribution is -2.58. The van der Waals surface area contributed by atoms with Gasteiger partial charge in [-0.3, -0.25) is 4.79 Å². The highest BCUT2D eigenvalue weighted by Crippen LogP contribution is 2.36. The molecule has 0 aromatic heterocycles. The highest BCUT2D eigenvalue weighted by molar-refractivity contribution is 6.06. The molecule has 20 heavy (non-hydrogen) atoms. The molecule has 2 unspecified atom stereocenters. The van der Waals surface area contributed by atoms with Gasteiger partial charge in [-0.05, 0) is 32.1 Å². The van der Waals surface area contributed by atoms with Crippen LogP contribution in [0.2, 0.25) is 0 Å². The normalized spacial score (nSPS) is 27.5. The minimum Gasteiger partial charge on any atom is -0.409 e. The zero-order chi connectivity index (χ0) is 14.8. The van der Waals surface area contributed by atoms with E-state index in [-0.39, 0.29) is 23.9 Å². The van der Waals surface area contributed by atoms with Crippen molar-refractivity contribution in [1.29, 1.82) is 0 Å². The number of rotatable bonds is 4. The van der Waals surface area contributed by atoms with Gasteiger partial charge < -0.3 is 20.6 Å². The van der Waals surface area contributed by atoms with Gasteiger partial charge in [-0.1, -0.05) is 19.0 Å². The standard InChI is InChI=1S/C14H25N3O3/c1-3-14(4-2,12(15)16-19)13(18)17-8-9-20-11-7-5-6-10(11)17/h10-11,19H,3-9H2,1-2H3,(H2,15,16). The average Bonchev–Trinajstić information content (AvgIpc) is 2.96. The van der Waals surface area contributed by atoms with Crippen molar-refractivity contribution in [3.05, 3.63) is 0 Å². The monoisotopic (exact) mass is 283 g/mol. The molecule has 2 aliphatic rings. The summed E-state index contributed by atoms with van der Waals surface area (Å²) in [6.45, 7) is 4.99. The summed E-state index contributed by atoms with van der Waals surface area (Å²) in [5.74, 6) is 0.00605. The van der Waals surface area contributed by atoms with Crippen LogP contribution in [0.3, 0.4) is 0 Å². The Hall–Kier alpha value is -1.30.